The van der Waals surface area contributed by atoms with E-state index in [9.17, 15) is 19.7 Å². The Labute approximate surface area is 136 Å². The summed E-state index contributed by atoms with van der Waals surface area (Å²) in [5, 5.41) is 15.4. The summed E-state index contributed by atoms with van der Waals surface area (Å²) in [5.41, 5.74) is 0.119. The third-order valence-corrected chi connectivity index (χ3v) is 3.97. The fourth-order valence-corrected chi connectivity index (χ4v) is 2.55. The standard InChI is InChI=1S/C15H14N2O5S/c1-10-12(5-2-6-13(10)17(20)21)15(19)22-9-14(18)16-8-11-4-3-7-23-11/h2-7H,8-9H2,1H3,(H,16,18). The van der Waals surface area contributed by atoms with Gasteiger partial charge in [0.2, 0.25) is 0 Å². The topological polar surface area (TPSA) is 98.5 Å². The third-order valence-electron chi connectivity index (χ3n) is 3.10. The Hall–Kier alpha value is -2.74. The molecular formula is C15H14N2O5S. The van der Waals surface area contributed by atoms with E-state index >= 15 is 0 Å². The van der Waals surface area contributed by atoms with Crippen LogP contribution >= 0.6 is 11.3 Å². The van der Waals surface area contributed by atoms with Gasteiger partial charge in [0, 0.05) is 16.5 Å². The Morgan fingerprint density at radius 1 is 1.30 bits per heavy atom. The van der Waals surface area contributed by atoms with Crippen molar-refractivity contribution in [2.24, 2.45) is 0 Å². The van der Waals surface area contributed by atoms with Gasteiger partial charge in [-0.05, 0) is 24.4 Å². The molecule has 1 aromatic carbocycles. The quantitative estimate of drug-likeness (QED) is 0.497. The van der Waals surface area contributed by atoms with Crippen molar-refractivity contribution in [2.75, 3.05) is 6.61 Å². The summed E-state index contributed by atoms with van der Waals surface area (Å²) in [6.07, 6.45) is 0. The molecule has 0 radical (unpaired) electrons. The summed E-state index contributed by atoms with van der Waals surface area (Å²) in [5.74, 6) is -1.20. The fourth-order valence-electron chi connectivity index (χ4n) is 1.90. The number of benzene rings is 1. The zero-order chi connectivity index (χ0) is 16.8. The van der Waals surface area contributed by atoms with E-state index < -0.39 is 23.4 Å². The van der Waals surface area contributed by atoms with Crippen LogP contribution in [-0.2, 0) is 16.1 Å². The van der Waals surface area contributed by atoms with E-state index in [1.165, 1.54) is 36.5 Å². The van der Waals surface area contributed by atoms with Gasteiger partial charge >= 0.3 is 5.97 Å². The first kappa shape index (κ1) is 16.6. The van der Waals surface area contributed by atoms with Crippen LogP contribution in [0, 0.1) is 17.0 Å². The molecule has 2 rings (SSSR count). The number of nitro groups is 1. The molecule has 0 atom stereocenters. The highest BCUT2D eigenvalue weighted by molar-refractivity contribution is 7.09. The predicted molar refractivity (Wildman–Crippen MR) is 84.3 cm³/mol. The van der Waals surface area contributed by atoms with Gasteiger partial charge in [0.1, 0.15) is 0 Å². The Morgan fingerprint density at radius 3 is 2.74 bits per heavy atom. The maximum atomic E-state index is 12.0. The van der Waals surface area contributed by atoms with E-state index in [2.05, 4.69) is 5.32 Å². The van der Waals surface area contributed by atoms with Gasteiger partial charge in [0.15, 0.2) is 6.61 Å². The number of nitrogens with one attached hydrogen (secondary N) is 1. The Balaban J connectivity index is 1.91. The van der Waals surface area contributed by atoms with Gasteiger partial charge < -0.3 is 10.1 Å². The summed E-state index contributed by atoms with van der Waals surface area (Å²) in [6, 6.07) is 7.88. The van der Waals surface area contributed by atoms with Crippen LogP contribution in [0.4, 0.5) is 5.69 Å². The van der Waals surface area contributed by atoms with Gasteiger partial charge in [0.05, 0.1) is 17.0 Å². The molecule has 0 aliphatic carbocycles. The molecule has 0 fully saturated rings. The number of amides is 1. The third kappa shape index (κ3) is 4.36. The minimum absolute atomic E-state index is 0.0743. The highest BCUT2D eigenvalue weighted by Gasteiger charge is 2.19. The normalized spacial score (nSPS) is 10.1. The van der Waals surface area contributed by atoms with Gasteiger partial charge in [-0.15, -0.1) is 11.3 Å². The molecule has 1 heterocycles. The minimum atomic E-state index is -0.766. The maximum absolute atomic E-state index is 12.0. The van der Waals surface area contributed by atoms with Gasteiger partial charge in [0.25, 0.3) is 11.6 Å². The molecule has 0 aliphatic heterocycles. The summed E-state index contributed by atoms with van der Waals surface area (Å²) >= 11 is 1.51. The van der Waals surface area contributed by atoms with E-state index in [1.807, 2.05) is 17.5 Å². The van der Waals surface area contributed by atoms with Gasteiger partial charge in [-0.1, -0.05) is 12.1 Å². The lowest BCUT2D eigenvalue weighted by molar-refractivity contribution is -0.385. The maximum Gasteiger partial charge on any atom is 0.339 e. The molecule has 1 N–H and O–H groups in total. The van der Waals surface area contributed by atoms with Crippen molar-refractivity contribution in [3.05, 3.63) is 61.8 Å². The zero-order valence-electron chi connectivity index (χ0n) is 12.3. The Bertz CT molecular complexity index is 727. The van der Waals surface area contributed by atoms with E-state index in [0.29, 0.717) is 6.54 Å². The second kappa shape index (κ2) is 7.50. The first-order valence-corrected chi connectivity index (χ1v) is 7.57. The van der Waals surface area contributed by atoms with Crippen LogP contribution in [0.3, 0.4) is 0 Å². The number of nitrogens with zero attached hydrogens (tertiary/aromatic N) is 1. The zero-order valence-corrected chi connectivity index (χ0v) is 13.1. The smallest absolute Gasteiger partial charge is 0.339 e. The molecule has 1 amide bonds. The molecule has 8 heteroatoms. The average molecular weight is 334 g/mol. The molecule has 1 aromatic heterocycles. The number of carbonyl (C=O) groups excluding carboxylic acids is 2. The monoisotopic (exact) mass is 334 g/mol. The van der Waals surface area contributed by atoms with Crippen LogP contribution in [0.25, 0.3) is 0 Å². The number of hydrogen-bond donors (Lipinski definition) is 1. The van der Waals surface area contributed by atoms with Gasteiger partial charge in [-0.2, -0.15) is 0 Å². The summed E-state index contributed by atoms with van der Waals surface area (Å²) in [7, 11) is 0. The number of ether oxygens (including phenoxy) is 1. The van der Waals surface area contributed by atoms with Crippen molar-refractivity contribution >= 4 is 28.9 Å². The van der Waals surface area contributed by atoms with E-state index in [1.54, 1.807) is 0 Å². The first-order valence-electron chi connectivity index (χ1n) is 6.69. The number of rotatable bonds is 6. The van der Waals surface area contributed by atoms with Crippen molar-refractivity contribution < 1.29 is 19.2 Å². The van der Waals surface area contributed by atoms with E-state index in [4.69, 9.17) is 4.74 Å². The number of hydrogen-bond acceptors (Lipinski definition) is 6. The highest BCUT2D eigenvalue weighted by Crippen LogP contribution is 2.21. The molecule has 2 aromatic rings. The lowest BCUT2D eigenvalue weighted by atomic mass is 10.1. The van der Waals surface area contributed by atoms with Crippen molar-refractivity contribution in [3.63, 3.8) is 0 Å². The summed E-state index contributed by atoms with van der Waals surface area (Å²) < 4.78 is 4.91. The van der Waals surface area contributed by atoms with Crippen LogP contribution in [-0.4, -0.2) is 23.4 Å². The van der Waals surface area contributed by atoms with Gasteiger partial charge in [-0.3, -0.25) is 14.9 Å². The highest BCUT2D eigenvalue weighted by atomic mass is 32.1. The largest absolute Gasteiger partial charge is 0.452 e. The summed E-state index contributed by atoms with van der Waals surface area (Å²) in [6.45, 7) is 1.39. The Kier molecular flexibility index (Phi) is 5.42. The second-order valence-corrected chi connectivity index (χ2v) is 5.67. The van der Waals surface area contributed by atoms with Crippen LogP contribution < -0.4 is 5.32 Å². The lowest BCUT2D eigenvalue weighted by Gasteiger charge is -2.07. The molecule has 7 nitrogen and oxygen atoms in total. The molecule has 0 spiro atoms. The average Bonchev–Trinajstić information content (AvgIpc) is 3.04. The fraction of sp³-hybridized carbons (Fsp3) is 0.200. The Morgan fingerprint density at radius 2 is 2.09 bits per heavy atom. The molecule has 120 valence electrons. The van der Waals surface area contributed by atoms with Crippen LogP contribution in [0.1, 0.15) is 20.8 Å². The van der Waals surface area contributed by atoms with Crippen molar-refractivity contribution in [1.29, 1.82) is 0 Å². The molecule has 0 bridgehead atoms. The number of carbonyl (C=O) groups is 2. The van der Waals surface area contributed by atoms with E-state index in [0.717, 1.165) is 4.88 Å². The number of esters is 1. The van der Waals surface area contributed by atoms with E-state index in [-0.39, 0.29) is 16.8 Å². The molecule has 0 saturated carbocycles. The second-order valence-electron chi connectivity index (χ2n) is 4.64. The molecular weight excluding hydrogens is 320 g/mol. The molecule has 0 unspecified atom stereocenters. The van der Waals surface area contributed by atoms with Crippen molar-refractivity contribution in [3.8, 4) is 0 Å². The van der Waals surface area contributed by atoms with Crippen LogP contribution in [0.5, 0.6) is 0 Å². The molecule has 23 heavy (non-hydrogen) atoms. The predicted octanol–water partition coefficient (Wildman–Crippen LogP) is 2.44. The van der Waals surface area contributed by atoms with Crippen molar-refractivity contribution in [1.82, 2.24) is 5.32 Å². The lowest BCUT2D eigenvalue weighted by Crippen LogP contribution is -2.28. The molecule has 0 saturated heterocycles. The first-order chi connectivity index (χ1) is 11.0. The number of nitro benzene ring substituents is 1. The van der Waals surface area contributed by atoms with Crippen LogP contribution in [0.2, 0.25) is 0 Å². The molecule has 0 aliphatic rings. The van der Waals surface area contributed by atoms with Crippen molar-refractivity contribution in [2.45, 2.75) is 13.5 Å². The van der Waals surface area contributed by atoms with Crippen LogP contribution in [0.15, 0.2) is 35.7 Å². The summed E-state index contributed by atoms with van der Waals surface area (Å²) in [4.78, 5) is 34.9. The number of thiophene rings is 1. The SMILES string of the molecule is Cc1c(C(=O)OCC(=O)NCc2cccs2)cccc1[N+](=O)[O-]. The van der Waals surface area contributed by atoms with Gasteiger partial charge in [-0.25, -0.2) is 4.79 Å². The minimum Gasteiger partial charge on any atom is -0.452 e.